The van der Waals surface area contributed by atoms with Gasteiger partial charge in [0.1, 0.15) is 17.5 Å². The minimum Gasteiger partial charge on any atom is -0.363 e. The monoisotopic (exact) mass is 275 g/mol. The zero-order valence-electron chi connectivity index (χ0n) is 11.8. The summed E-state index contributed by atoms with van der Waals surface area (Å²) >= 11 is 0. The number of aromatic amines is 1. The first kappa shape index (κ1) is 14.2. The summed E-state index contributed by atoms with van der Waals surface area (Å²) < 4.78 is 13.6. The summed E-state index contributed by atoms with van der Waals surface area (Å²) in [5.74, 6) is 0.894. The minimum absolute atomic E-state index is 0.135. The van der Waals surface area contributed by atoms with Crippen LogP contribution < -0.4 is 10.9 Å². The number of rotatable bonds is 4. The van der Waals surface area contributed by atoms with Crippen LogP contribution in [0.25, 0.3) is 0 Å². The summed E-state index contributed by atoms with van der Waals surface area (Å²) in [6, 6.07) is 6.38. The van der Waals surface area contributed by atoms with Crippen LogP contribution in [0.5, 0.6) is 0 Å². The molecule has 0 aliphatic carbocycles. The van der Waals surface area contributed by atoms with Gasteiger partial charge in [-0.05, 0) is 31.0 Å². The molecular weight excluding hydrogens is 257 g/mol. The number of benzene rings is 1. The lowest BCUT2D eigenvalue weighted by Gasteiger charge is -2.15. The van der Waals surface area contributed by atoms with Crippen LogP contribution in [0.3, 0.4) is 0 Å². The van der Waals surface area contributed by atoms with E-state index in [0.29, 0.717) is 23.6 Å². The van der Waals surface area contributed by atoms with Crippen molar-refractivity contribution in [2.75, 3.05) is 5.32 Å². The van der Waals surface area contributed by atoms with Crippen molar-refractivity contribution in [3.05, 3.63) is 57.4 Å². The van der Waals surface area contributed by atoms with E-state index in [1.54, 1.807) is 13.0 Å². The molecule has 5 heteroatoms. The molecule has 0 spiro atoms. The largest absolute Gasteiger partial charge is 0.363 e. The highest BCUT2D eigenvalue weighted by Crippen LogP contribution is 2.19. The summed E-state index contributed by atoms with van der Waals surface area (Å²) in [6.45, 7) is 5.54. The third-order valence-electron chi connectivity index (χ3n) is 3.19. The van der Waals surface area contributed by atoms with Crippen molar-refractivity contribution >= 4 is 5.82 Å². The Bertz CT molecular complexity index is 666. The lowest BCUT2D eigenvalue weighted by atomic mass is 10.1. The van der Waals surface area contributed by atoms with Crippen molar-refractivity contribution in [1.29, 1.82) is 0 Å². The molecule has 2 rings (SSSR count). The number of hydrogen-bond acceptors (Lipinski definition) is 3. The van der Waals surface area contributed by atoms with Gasteiger partial charge < -0.3 is 10.3 Å². The molecular formula is C15H18FN3O. The summed E-state index contributed by atoms with van der Waals surface area (Å²) in [4.78, 5) is 18.4. The summed E-state index contributed by atoms with van der Waals surface area (Å²) in [6.07, 6.45) is 0.651. The molecule has 0 bridgehead atoms. The van der Waals surface area contributed by atoms with Crippen molar-refractivity contribution in [2.45, 2.75) is 33.2 Å². The lowest BCUT2D eigenvalue weighted by Crippen LogP contribution is -2.15. The fraction of sp³-hybridized carbons (Fsp3) is 0.333. The lowest BCUT2D eigenvalue weighted by molar-refractivity contribution is 0.614. The highest BCUT2D eigenvalue weighted by atomic mass is 19.1. The van der Waals surface area contributed by atoms with E-state index >= 15 is 0 Å². The van der Waals surface area contributed by atoms with Crippen molar-refractivity contribution in [1.82, 2.24) is 9.97 Å². The first-order valence-electron chi connectivity index (χ1n) is 6.62. The molecule has 1 aromatic heterocycles. The zero-order valence-corrected chi connectivity index (χ0v) is 11.8. The second kappa shape index (κ2) is 5.86. The van der Waals surface area contributed by atoms with Crippen LogP contribution in [0.1, 0.15) is 36.8 Å². The molecule has 0 amide bonds. The quantitative estimate of drug-likeness (QED) is 0.902. The molecule has 106 valence electrons. The Labute approximate surface area is 117 Å². The average molecular weight is 275 g/mol. The highest BCUT2D eigenvalue weighted by Gasteiger charge is 2.09. The molecule has 1 heterocycles. The normalized spacial score (nSPS) is 12.2. The molecule has 2 aromatic rings. The van der Waals surface area contributed by atoms with Gasteiger partial charge >= 0.3 is 0 Å². The van der Waals surface area contributed by atoms with Crippen molar-refractivity contribution in [3.63, 3.8) is 0 Å². The van der Waals surface area contributed by atoms with Gasteiger partial charge in [0.2, 0.25) is 0 Å². The highest BCUT2D eigenvalue weighted by molar-refractivity contribution is 5.38. The number of aromatic nitrogens is 2. The molecule has 1 aromatic carbocycles. The Hall–Kier alpha value is -2.17. The molecule has 1 unspecified atom stereocenters. The molecule has 20 heavy (non-hydrogen) atoms. The van der Waals surface area contributed by atoms with Crippen LogP contribution in [0.4, 0.5) is 10.2 Å². The van der Waals surface area contributed by atoms with Crippen LogP contribution in [0.15, 0.2) is 29.1 Å². The van der Waals surface area contributed by atoms with E-state index in [1.165, 1.54) is 12.1 Å². The predicted molar refractivity (Wildman–Crippen MR) is 77.4 cm³/mol. The van der Waals surface area contributed by atoms with Crippen LogP contribution in [-0.2, 0) is 6.42 Å². The molecule has 2 N–H and O–H groups in total. The van der Waals surface area contributed by atoms with Gasteiger partial charge in [0.25, 0.3) is 5.56 Å². The number of aryl methyl sites for hydroxylation is 2. The van der Waals surface area contributed by atoms with Gasteiger partial charge in [0, 0.05) is 12.5 Å². The second-order valence-electron chi connectivity index (χ2n) is 4.81. The number of halogens is 1. The van der Waals surface area contributed by atoms with Crippen LogP contribution in [0.2, 0.25) is 0 Å². The first-order chi connectivity index (χ1) is 9.49. The SMILES string of the molecule is CCc1nc(NC(C)c2ccc(C)c(F)c2)cc(=O)[nH]1. The first-order valence-corrected chi connectivity index (χ1v) is 6.62. The second-order valence-corrected chi connectivity index (χ2v) is 4.81. The Balaban J connectivity index is 2.22. The van der Waals surface area contributed by atoms with Crippen LogP contribution in [-0.4, -0.2) is 9.97 Å². The molecule has 0 saturated carbocycles. The smallest absolute Gasteiger partial charge is 0.252 e. The van der Waals surface area contributed by atoms with E-state index in [2.05, 4.69) is 15.3 Å². The van der Waals surface area contributed by atoms with E-state index in [-0.39, 0.29) is 17.4 Å². The van der Waals surface area contributed by atoms with Gasteiger partial charge in [-0.25, -0.2) is 9.37 Å². The fourth-order valence-electron chi connectivity index (χ4n) is 1.93. The molecule has 1 atom stereocenters. The van der Waals surface area contributed by atoms with Crippen molar-refractivity contribution in [2.24, 2.45) is 0 Å². The van der Waals surface area contributed by atoms with E-state index in [1.807, 2.05) is 19.9 Å². The molecule has 4 nitrogen and oxygen atoms in total. The third kappa shape index (κ3) is 3.23. The number of anilines is 1. The maximum absolute atomic E-state index is 13.6. The van der Waals surface area contributed by atoms with Crippen molar-refractivity contribution in [3.8, 4) is 0 Å². The Morgan fingerprint density at radius 1 is 1.40 bits per heavy atom. The summed E-state index contributed by atoms with van der Waals surface area (Å²) in [5.41, 5.74) is 1.23. The zero-order chi connectivity index (χ0) is 14.7. The number of hydrogen-bond donors (Lipinski definition) is 2. The molecule has 0 saturated heterocycles. The molecule has 0 radical (unpaired) electrons. The van der Waals surface area contributed by atoms with Gasteiger partial charge in [0.05, 0.1) is 6.04 Å². The van der Waals surface area contributed by atoms with Crippen molar-refractivity contribution < 1.29 is 4.39 Å². The number of nitrogens with zero attached hydrogens (tertiary/aromatic N) is 1. The standard InChI is InChI=1S/C15H18FN3O/c1-4-13-18-14(8-15(20)19-13)17-10(3)11-6-5-9(2)12(16)7-11/h5-8,10H,4H2,1-3H3,(H2,17,18,19,20). The average Bonchev–Trinajstić information content (AvgIpc) is 2.41. The summed E-state index contributed by atoms with van der Waals surface area (Å²) in [5, 5.41) is 3.12. The van der Waals surface area contributed by atoms with Gasteiger partial charge in [-0.1, -0.05) is 19.1 Å². The third-order valence-corrected chi connectivity index (χ3v) is 3.19. The predicted octanol–water partition coefficient (Wildman–Crippen LogP) is 2.95. The van der Waals surface area contributed by atoms with Crippen LogP contribution >= 0.6 is 0 Å². The Kier molecular flexibility index (Phi) is 4.17. The van der Waals surface area contributed by atoms with Gasteiger partial charge in [0.15, 0.2) is 0 Å². The van der Waals surface area contributed by atoms with Crippen LogP contribution in [0, 0.1) is 12.7 Å². The van der Waals surface area contributed by atoms with Gasteiger partial charge in [-0.15, -0.1) is 0 Å². The van der Waals surface area contributed by atoms with E-state index in [0.717, 1.165) is 5.56 Å². The fourth-order valence-corrected chi connectivity index (χ4v) is 1.93. The Morgan fingerprint density at radius 2 is 2.15 bits per heavy atom. The van der Waals surface area contributed by atoms with E-state index in [4.69, 9.17) is 0 Å². The minimum atomic E-state index is -0.232. The molecule has 0 aliphatic rings. The Morgan fingerprint density at radius 3 is 2.80 bits per heavy atom. The maximum atomic E-state index is 13.6. The van der Waals surface area contributed by atoms with Gasteiger partial charge in [-0.3, -0.25) is 4.79 Å². The molecule has 0 aliphatic heterocycles. The van der Waals surface area contributed by atoms with Gasteiger partial charge in [-0.2, -0.15) is 0 Å². The molecule has 0 fully saturated rings. The number of nitrogens with one attached hydrogen (secondary N) is 2. The number of H-pyrrole nitrogens is 1. The topological polar surface area (TPSA) is 57.8 Å². The summed E-state index contributed by atoms with van der Waals surface area (Å²) in [7, 11) is 0. The van der Waals surface area contributed by atoms with E-state index in [9.17, 15) is 9.18 Å². The van der Waals surface area contributed by atoms with E-state index < -0.39 is 0 Å². The maximum Gasteiger partial charge on any atom is 0.252 e.